The van der Waals surface area contributed by atoms with Crippen LogP contribution in [0.2, 0.25) is 0 Å². The van der Waals surface area contributed by atoms with Crippen molar-refractivity contribution < 1.29 is 9.53 Å². The standard InChI is InChI=1S/C19H24N2O2S/c1-13-3-7-16(8-4-13)21-18(22)11-23-17-9-5-15(6-10-17)19-20-14(2)12-24-19/h5-6,9-10,12-13,16H,3-4,7-8,11H2,1-2H3,(H,21,22). The van der Waals surface area contributed by atoms with E-state index in [9.17, 15) is 4.79 Å². The van der Waals surface area contributed by atoms with Crippen LogP contribution in [0.5, 0.6) is 5.75 Å². The molecule has 1 N–H and O–H groups in total. The van der Waals surface area contributed by atoms with Gasteiger partial charge in [-0.05, 0) is 62.8 Å². The molecule has 1 amide bonds. The normalized spacial score (nSPS) is 20.6. The fraction of sp³-hybridized carbons (Fsp3) is 0.474. The van der Waals surface area contributed by atoms with Crippen LogP contribution < -0.4 is 10.1 Å². The molecule has 0 radical (unpaired) electrons. The molecule has 0 atom stereocenters. The predicted octanol–water partition coefficient (Wildman–Crippen LogP) is 4.19. The predicted molar refractivity (Wildman–Crippen MR) is 97.3 cm³/mol. The van der Waals surface area contributed by atoms with Gasteiger partial charge in [-0.2, -0.15) is 0 Å². The quantitative estimate of drug-likeness (QED) is 0.885. The Morgan fingerprint density at radius 1 is 1.25 bits per heavy atom. The van der Waals surface area contributed by atoms with E-state index >= 15 is 0 Å². The molecule has 24 heavy (non-hydrogen) atoms. The van der Waals surface area contributed by atoms with Gasteiger partial charge in [0, 0.05) is 22.7 Å². The summed E-state index contributed by atoms with van der Waals surface area (Å²) in [5, 5.41) is 6.12. The molecule has 5 heteroatoms. The number of ether oxygens (including phenoxy) is 1. The van der Waals surface area contributed by atoms with Crippen LogP contribution in [0.1, 0.15) is 38.3 Å². The fourth-order valence-electron chi connectivity index (χ4n) is 3.00. The Labute approximate surface area is 147 Å². The molecule has 2 aromatic rings. The largest absolute Gasteiger partial charge is 0.484 e. The van der Waals surface area contributed by atoms with Crippen molar-refractivity contribution in [1.29, 1.82) is 0 Å². The highest BCUT2D eigenvalue weighted by atomic mass is 32.1. The average Bonchev–Trinajstić information content (AvgIpc) is 3.02. The van der Waals surface area contributed by atoms with E-state index in [2.05, 4.69) is 17.2 Å². The molecule has 1 aliphatic rings. The van der Waals surface area contributed by atoms with E-state index < -0.39 is 0 Å². The summed E-state index contributed by atoms with van der Waals surface area (Å²) in [5.41, 5.74) is 2.10. The third-order valence-electron chi connectivity index (χ3n) is 4.47. The number of nitrogens with zero attached hydrogens (tertiary/aromatic N) is 1. The number of hydrogen-bond acceptors (Lipinski definition) is 4. The van der Waals surface area contributed by atoms with E-state index in [1.807, 2.05) is 36.6 Å². The second-order valence-electron chi connectivity index (χ2n) is 6.63. The van der Waals surface area contributed by atoms with Crippen LogP contribution in [0.15, 0.2) is 29.6 Å². The molecule has 128 valence electrons. The number of carbonyl (C=O) groups is 1. The highest BCUT2D eigenvalue weighted by molar-refractivity contribution is 7.13. The third-order valence-corrected chi connectivity index (χ3v) is 5.48. The molecular formula is C19H24N2O2S. The number of benzene rings is 1. The van der Waals surface area contributed by atoms with Crippen LogP contribution in [0.3, 0.4) is 0 Å². The van der Waals surface area contributed by atoms with E-state index in [4.69, 9.17) is 4.74 Å². The smallest absolute Gasteiger partial charge is 0.258 e. The molecule has 0 spiro atoms. The maximum Gasteiger partial charge on any atom is 0.258 e. The number of aromatic nitrogens is 1. The van der Waals surface area contributed by atoms with Crippen LogP contribution in [0, 0.1) is 12.8 Å². The number of carbonyl (C=O) groups excluding carboxylic acids is 1. The number of nitrogens with one attached hydrogen (secondary N) is 1. The Morgan fingerprint density at radius 3 is 2.58 bits per heavy atom. The van der Waals surface area contributed by atoms with Crippen molar-refractivity contribution in [3.63, 3.8) is 0 Å². The number of aryl methyl sites for hydroxylation is 1. The third kappa shape index (κ3) is 4.57. The minimum atomic E-state index is -0.0332. The lowest BCUT2D eigenvalue weighted by Crippen LogP contribution is -2.39. The first-order chi connectivity index (χ1) is 11.6. The molecule has 1 aromatic heterocycles. The first-order valence-electron chi connectivity index (χ1n) is 8.55. The second kappa shape index (κ2) is 7.79. The first-order valence-corrected chi connectivity index (χ1v) is 9.43. The molecule has 1 aromatic carbocycles. The zero-order valence-corrected chi connectivity index (χ0v) is 15.1. The van der Waals surface area contributed by atoms with Gasteiger partial charge in [0.05, 0.1) is 0 Å². The Bertz CT molecular complexity index is 673. The molecule has 0 saturated heterocycles. The molecule has 1 saturated carbocycles. The van der Waals surface area contributed by atoms with Gasteiger partial charge in [0.15, 0.2) is 6.61 Å². The zero-order chi connectivity index (χ0) is 16.9. The van der Waals surface area contributed by atoms with Gasteiger partial charge in [0.25, 0.3) is 5.91 Å². The number of amides is 1. The molecular weight excluding hydrogens is 320 g/mol. The summed E-state index contributed by atoms with van der Waals surface area (Å²) in [6, 6.07) is 8.05. The molecule has 3 rings (SSSR count). The van der Waals surface area contributed by atoms with Crippen molar-refractivity contribution in [2.24, 2.45) is 5.92 Å². The van der Waals surface area contributed by atoms with Crippen LogP contribution >= 0.6 is 11.3 Å². The molecule has 1 aliphatic carbocycles. The molecule has 0 aliphatic heterocycles. The molecule has 1 fully saturated rings. The van der Waals surface area contributed by atoms with Gasteiger partial charge in [-0.1, -0.05) is 6.92 Å². The van der Waals surface area contributed by atoms with Crippen molar-refractivity contribution in [2.45, 2.75) is 45.6 Å². The van der Waals surface area contributed by atoms with E-state index in [-0.39, 0.29) is 12.5 Å². The van der Waals surface area contributed by atoms with Crippen molar-refractivity contribution in [3.8, 4) is 16.3 Å². The molecule has 0 unspecified atom stereocenters. The van der Waals surface area contributed by atoms with Gasteiger partial charge in [-0.15, -0.1) is 11.3 Å². The summed E-state index contributed by atoms with van der Waals surface area (Å²) in [7, 11) is 0. The Kier molecular flexibility index (Phi) is 5.51. The first kappa shape index (κ1) is 17.0. The number of thiazole rings is 1. The molecule has 4 nitrogen and oxygen atoms in total. The van der Waals surface area contributed by atoms with Crippen LogP contribution in [0.4, 0.5) is 0 Å². The maximum atomic E-state index is 12.0. The highest BCUT2D eigenvalue weighted by Gasteiger charge is 2.19. The number of rotatable bonds is 5. The van der Waals surface area contributed by atoms with Crippen LogP contribution in [-0.4, -0.2) is 23.5 Å². The summed E-state index contributed by atoms with van der Waals surface area (Å²) < 4.78 is 5.60. The van der Waals surface area contributed by atoms with E-state index in [1.165, 1.54) is 12.8 Å². The van der Waals surface area contributed by atoms with Crippen LogP contribution in [0.25, 0.3) is 10.6 Å². The lowest BCUT2D eigenvalue weighted by molar-refractivity contribution is -0.124. The van der Waals surface area contributed by atoms with Gasteiger partial charge >= 0.3 is 0 Å². The van der Waals surface area contributed by atoms with Gasteiger partial charge in [0.1, 0.15) is 10.8 Å². The lowest BCUT2D eigenvalue weighted by Gasteiger charge is -2.26. The van der Waals surface area contributed by atoms with Crippen molar-refractivity contribution >= 4 is 17.2 Å². The van der Waals surface area contributed by atoms with E-state index in [0.29, 0.717) is 11.8 Å². The van der Waals surface area contributed by atoms with Gasteiger partial charge < -0.3 is 10.1 Å². The number of hydrogen-bond donors (Lipinski definition) is 1. The fourth-order valence-corrected chi connectivity index (χ4v) is 3.81. The van der Waals surface area contributed by atoms with Gasteiger partial charge in [-0.25, -0.2) is 4.98 Å². The Balaban J connectivity index is 1.47. The SMILES string of the molecule is Cc1csc(-c2ccc(OCC(=O)NC3CCC(C)CC3)cc2)n1. The monoisotopic (exact) mass is 344 g/mol. The van der Waals surface area contributed by atoms with E-state index in [1.54, 1.807) is 11.3 Å². The topological polar surface area (TPSA) is 51.2 Å². The van der Waals surface area contributed by atoms with Crippen molar-refractivity contribution in [2.75, 3.05) is 6.61 Å². The Hall–Kier alpha value is -1.88. The summed E-state index contributed by atoms with van der Waals surface area (Å²) in [6.45, 7) is 4.34. The van der Waals surface area contributed by atoms with Crippen molar-refractivity contribution in [1.82, 2.24) is 10.3 Å². The molecule has 1 heterocycles. The van der Waals surface area contributed by atoms with E-state index in [0.717, 1.165) is 35.0 Å². The summed E-state index contributed by atoms with van der Waals surface area (Å²) in [5.74, 6) is 1.46. The van der Waals surface area contributed by atoms with Gasteiger partial charge in [-0.3, -0.25) is 4.79 Å². The summed E-state index contributed by atoms with van der Waals surface area (Å²) >= 11 is 1.63. The molecule has 0 bridgehead atoms. The van der Waals surface area contributed by atoms with Gasteiger partial charge in [0.2, 0.25) is 0 Å². The zero-order valence-electron chi connectivity index (χ0n) is 14.2. The van der Waals surface area contributed by atoms with Crippen molar-refractivity contribution in [3.05, 3.63) is 35.3 Å². The maximum absolute atomic E-state index is 12.0. The average molecular weight is 344 g/mol. The van der Waals surface area contributed by atoms with Crippen LogP contribution in [-0.2, 0) is 4.79 Å². The highest BCUT2D eigenvalue weighted by Crippen LogP contribution is 2.26. The minimum absolute atomic E-state index is 0.0332. The Morgan fingerprint density at radius 2 is 1.96 bits per heavy atom. The second-order valence-corrected chi connectivity index (χ2v) is 7.49. The summed E-state index contributed by atoms with van der Waals surface area (Å²) in [6.07, 6.45) is 4.55. The minimum Gasteiger partial charge on any atom is -0.484 e. The lowest BCUT2D eigenvalue weighted by atomic mass is 9.87. The summed E-state index contributed by atoms with van der Waals surface area (Å²) in [4.78, 5) is 16.5.